The minimum Gasteiger partial charge on any atom is -0.456 e. The van der Waals surface area contributed by atoms with E-state index in [9.17, 15) is 0 Å². The third-order valence-electron chi connectivity index (χ3n) is 2.68. The van der Waals surface area contributed by atoms with Gasteiger partial charge >= 0.3 is 0 Å². The fraction of sp³-hybridized carbons (Fsp3) is 0.200. The molecule has 100 valence electrons. The summed E-state index contributed by atoms with van der Waals surface area (Å²) in [6.45, 7) is 0.720. The molecule has 4 heteroatoms. The Hall–Kier alpha value is -1.16. The lowest BCUT2D eigenvalue weighted by Crippen LogP contribution is -2.06. The van der Waals surface area contributed by atoms with E-state index < -0.39 is 0 Å². The van der Waals surface area contributed by atoms with E-state index in [-0.39, 0.29) is 0 Å². The van der Waals surface area contributed by atoms with Gasteiger partial charge in [0.2, 0.25) is 0 Å². The standard InChI is InChI=1S/C15H16ClNOS/c1-17-10-11-9-12(16)7-8-13(11)18-14-5-3-4-6-15(14)19-2/h3-9,17H,10H2,1-2H3. The second-order valence-electron chi connectivity index (χ2n) is 4.04. The van der Waals surface area contributed by atoms with E-state index in [2.05, 4.69) is 5.32 Å². The van der Waals surface area contributed by atoms with Crippen LogP contribution in [0.4, 0.5) is 0 Å². The third kappa shape index (κ3) is 3.66. The van der Waals surface area contributed by atoms with Crippen LogP contribution in [0.5, 0.6) is 11.5 Å². The highest BCUT2D eigenvalue weighted by Crippen LogP contribution is 2.33. The molecule has 0 radical (unpaired) electrons. The number of para-hydroxylation sites is 1. The first-order valence-electron chi connectivity index (χ1n) is 5.98. The molecule has 2 aromatic rings. The van der Waals surface area contributed by atoms with Gasteiger partial charge in [-0.2, -0.15) is 0 Å². The number of nitrogens with one attached hydrogen (secondary N) is 1. The van der Waals surface area contributed by atoms with Crippen molar-refractivity contribution in [3.63, 3.8) is 0 Å². The van der Waals surface area contributed by atoms with Crippen molar-refractivity contribution < 1.29 is 4.74 Å². The quantitative estimate of drug-likeness (QED) is 0.816. The molecule has 0 aliphatic carbocycles. The molecule has 19 heavy (non-hydrogen) atoms. The van der Waals surface area contributed by atoms with Gasteiger partial charge in [0.15, 0.2) is 0 Å². The van der Waals surface area contributed by atoms with Crippen LogP contribution in [0, 0.1) is 0 Å². The summed E-state index contributed by atoms with van der Waals surface area (Å²) in [5, 5.41) is 3.84. The first-order valence-corrected chi connectivity index (χ1v) is 7.58. The summed E-state index contributed by atoms with van der Waals surface area (Å²) in [5.41, 5.74) is 1.05. The van der Waals surface area contributed by atoms with Crippen LogP contribution in [0.3, 0.4) is 0 Å². The molecular weight excluding hydrogens is 278 g/mol. The molecule has 0 atom stereocenters. The second kappa shape index (κ2) is 6.85. The molecule has 0 aliphatic rings. The summed E-state index contributed by atoms with van der Waals surface area (Å²) >= 11 is 7.70. The van der Waals surface area contributed by atoms with Gasteiger partial charge in [0.25, 0.3) is 0 Å². The Balaban J connectivity index is 2.32. The lowest BCUT2D eigenvalue weighted by molar-refractivity contribution is 0.463. The minimum absolute atomic E-state index is 0.718. The van der Waals surface area contributed by atoms with Gasteiger partial charge in [-0.1, -0.05) is 23.7 Å². The van der Waals surface area contributed by atoms with E-state index >= 15 is 0 Å². The largest absolute Gasteiger partial charge is 0.456 e. The van der Waals surface area contributed by atoms with Crippen molar-refractivity contribution in [2.24, 2.45) is 0 Å². The molecule has 0 amide bonds. The fourth-order valence-corrected chi connectivity index (χ4v) is 2.52. The van der Waals surface area contributed by atoms with Gasteiger partial charge in [0.1, 0.15) is 11.5 Å². The molecule has 0 fully saturated rings. The van der Waals surface area contributed by atoms with Crippen molar-refractivity contribution in [2.75, 3.05) is 13.3 Å². The number of rotatable bonds is 5. The van der Waals surface area contributed by atoms with Crippen LogP contribution in [0.2, 0.25) is 5.02 Å². The fourth-order valence-electron chi connectivity index (χ4n) is 1.80. The van der Waals surface area contributed by atoms with Crippen molar-refractivity contribution in [3.8, 4) is 11.5 Å². The zero-order valence-corrected chi connectivity index (χ0v) is 12.5. The summed E-state index contributed by atoms with van der Waals surface area (Å²) < 4.78 is 6.02. The SMILES string of the molecule is CNCc1cc(Cl)ccc1Oc1ccccc1SC. The van der Waals surface area contributed by atoms with Crippen LogP contribution in [0.15, 0.2) is 47.4 Å². The maximum Gasteiger partial charge on any atom is 0.140 e. The Morgan fingerprint density at radius 1 is 1.16 bits per heavy atom. The lowest BCUT2D eigenvalue weighted by atomic mass is 10.2. The maximum atomic E-state index is 6.03. The molecule has 0 spiro atoms. The highest BCUT2D eigenvalue weighted by molar-refractivity contribution is 7.98. The van der Waals surface area contributed by atoms with Crippen molar-refractivity contribution in [3.05, 3.63) is 53.1 Å². The highest BCUT2D eigenvalue weighted by atomic mass is 35.5. The molecule has 0 unspecified atom stereocenters. The molecule has 2 rings (SSSR count). The summed E-state index contributed by atoms with van der Waals surface area (Å²) in [7, 11) is 1.90. The summed E-state index contributed by atoms with van der Waals surface area (Å²) in [5.74, 6) is 1.70. The first kappa shape index (κ1) is 14.3. The van der Waals surface area contributed by atoms with Crippen LogP contribution in [0.1, 0.15) is 5.56 Å². The molecule has 0 aliphatic heterocycles. The van der Waals surface area contributed by atoms with Gasteiger partial charge in [-0.25, -0.2) is 0 Å². The average molecular weight is 294 g/mol. The monoisotopic (exact) mass is 293 g/mol. The van der Waals surface area contributed by atoms with E-state index in [1.165, 1.54) is 0 Å². The third-order valence-corrected chi connectivity index (χ3v) is 3.69. The van der Waals surface area contributed by atoms with Gasteiger partial charge in [0, 0.05) is 22.0 Å². The number of hydrogen-bond donors (Lipinski definition) is 1. The van der Waals surface area contributed by atoms with Crippen molar-refractivity contribution in [1.82, 2.24) is 5.32 Å². The van der Waals surface area contributed by atoms with Crippen molar-refractivity contribution >= 4 is 23.4 Å². The van der Waals surface area contributed by atoms with Gasteiger partial charge in [-0.3, -0.25) is 0 Å². The second-order valence-corrected chi connectivity index (χ2v) is 5.32. The average Bonchev–Trinajstić information content (AvgIpc) is 2.43. The maximum absolute atomic E-state index is 6.03. The van der Waals surface area contributed by atoms with Gasteiger partial charge in [-0.15, -0.1) is 11.8 Å². The molecular formula is C15H16ClNOS. The van der Waals surface area contributed by atoms with Gasteiger partial charge in [0.05, 0.1) is 0 Å². The highest BCUT2D eigenvalue weighted by Gasteiger charge is 2.08. The molecule has 2 nitrogen and oxygen atoms in total. The molecule has 0 aromatic heterocycles. The van der Waals surface area contributed by atoms with Crippen molar-refractivity contribution in [1.29, 1.82) is 0 Å². The summed E-state index contributed by atoms with van der Waals surface area (Å²) in [6, 6.07) is 13.7. The van der Waals surface area contributed by atoms with Crippen LogP contribution < -0.4 is 10.1 Å². The van der Waals surface area contributed by atoms with Gasteiger partial charge < -0.3 is 10.1 Å². The Kier molecular flexibility index (Phi) is 5.14. The number of ether oxygens (including phenoxy) is 1. The number of halogens is 1. The lowest BCUT2D eigenvalue weighted by Gasteiger charge is -2.13. The zero-order chi connectivity index (χ0) is 13.7. The number of thioether (sulfide) groups is 1. The minimum atomic E-state index is 0.718. The smallest absolute Gasteiger partial charge is 0.140 e. The van der Waals surface area contributed by atoms with E-state index in [0.717, 1.165) is 33.5 Å². The first-order chi connectivity index (χ1) is 9.24. The molecule has 0 bridgehead atoms. The van der Waals surface area contributed by atoms with Crippen LogP contribution in [-0.2, 0) is 6.54 Å². The summed E-state index contributed by atoms with van der Waals surface area (Å²) in [6.07, 6.45) is 2.04. The Morgan fingerprint density at radius 2 is 1.95 bits per heavy atom. The predicted octanol–water partition coefficient (Wildman–Crippen LogP) is 4.57. The van der Waals surface area contributed by atoms with E-state index in [1.54, 1.807) is 11.8 Å². The molecule has 0 saturated carbocycles. The normalized spacial score (nSPS) is 10.5. The number of hydrogen-bond acceptors (Lipinski definition) is 3. The predicted molar refractivity (Wildman–Crippen MR) is 82.5 cm³/mol. The molecule has 0 heterocycles. The molecule has 2 aromatic carbocycles. The van der Waals surface area contributed by atoms with Gasteiger partial charge in [-0.05, 0) is 43.6 Å². The van der Waals surface area contributed by atoms with E-state index in [1.807, 2.05) is 55.8 Å². The Morgan fingerprint density at radius 3 is 2.68 bits per heavy atom. The Labute approximate surface area is 123 Å². The van der Waals surface area contributed by atoms with Crippen LogP contribution in [0.25, 0.3) is 0 Å². The van der Waals surface area contributed by atoms with Crippen LogP contribution in [-0.4, -0.2) is 13.3 Å². The Bertz CT molecular complexity index is 560. The topological polar surface area (TPSA) is 21.3 Å². The molecule has 0 saturated heterocycles. The zero-order valence-electron chi connectivity index (χ0n) is 10.9. The van der Waals surface area contributed by atoms with Crippen LogP contribution >= 0.6 is 23.4 Å². The van der Waals surface area contributed by atoms with Crippen molar-refractivity contribution in [2.45, 2.75) is 11.4 Å². The number of benzene rings is 2. The summed E-state index contributed by atoms with van der Waals surface area (Å²) in [4.78, 5) is 1.12. The van der Waals surface area contributed by atoms with E-state index in [0.29, 0.717) is 0 Å². The van der Waals surface area contributed by atoms with E-state index in [4.69, 9.17) is 16.3 Å². The molecule has 1 N–H and O–H groups in total.